The molecule has 1 fully saturated rings. The lowest BCUT2D eigenvalue weighted by Crippen LogP contribution is -2.41. The second-order valence-electron chi connectivity index (χ2n) is 5.61. The van der Waals surface area contributed by atoms with E-state index in [9.17, 15) is 0 Å². The van der Waals surface area contributed by atoms with E-state index in [1.54, 1.807) is 0 Å². The third-order valence-electron chi connectivity index (χ3n) is 3.15. The number of thioether (sulfide) groups is 1. The fourth-order valence-corrected chi connectivity index (χ4v) is 3.65. The van der Waals surface area contributed by atoms with Gasteiger partial charge in [-0.25, -0.2) is 0 Å². The molecule has 1 saturated heterocycles. The molecule has 1 aromatic rings. The van der Waals surface area contributed by atoms with E-state index < -0.39 is 0 Å². The molecule has 1 aromatic heterocycles. The molecule has 1 atom stereocenters. The van der Waals surface area contributed by atoms with Gasteiger partial charge in [0.05, 0.1) is 0 Å². The SMILES string of the molecule is CC1(C)CSCC(NCCc2ccccn2)C1. The molecule has 1 N–H and O–H groups in total. The third kappa shape index (κ3) is 4.32. The molecule has 0 aromatic carbocycles. The van der Waals surface area contributed by atoms with Gasteiger partial charge in [0.15, 0.2) is 0 Å². The Morgan fingerprint density at radius 1 is 1.47 bits per heavy atom. The fourth-order valence-electron chi connectivity index (χ4n) is 2.34. The summed E-state index contributed by atoms with van der Waals surface area (Å²) < 4.78 is 0. The number of nitrogens with one attached hydrogen (secondary N) is 1. The van der Waals surface area contributed by atoms with Crippen LogP contribution in [0.3, 0.4) is 0 Å². The monoisotopic (exact) mass is 250 g/mol. The zero-order valence-corrected chi connectivity index (χ0v) is 11.6. The minimum absolute atomic E-state index is 0.492. The predicted molar refractivity (Wildman–Crippen MR) is 75.5 cm³/mol. The van der Waals surface area contributed by atoms with E-state index in [0.29, 0.717) is 11.5 Å². The number of hydrogen-bond acceptors (Lipinski definition) is 3. The standard InChI is InChI=1S/C14H22N2S/c1-14(2)9-13(10-17-11-14)16-8-6-12-5-3-4-7-15-12/h3-5,7,13,16H,6,8-11H2,1-2H3. The lowest BCUT2D eigenvalue weighted by Gasteiger charge is -2.35. The van der Waals surface area contributed by atoms with Crippen molar-refractivity contribution in [2.75, 3.05) is 18.1 Å². The summed E-state index contributed by atoms with van der Waals surface area (Å²) >= 11 is 2.08. The van der Waals surface area contributed by atoms with E-state index in [-0.39, 0.29) is 0 Å². The molecule has 17 heavy (non-hydrogen) atoms. The van der Waals surface area contributed by atoms with Gasteiger partial charge in [0.1, 0.15) is 0 Å². The van der Waals surface area contributed by atoms with Crippen LogP contribution in [0.15, 0.2) is 24.4 Å². The summed E-state index contributed by atoms with van der Waals surface area (Å²) in [6.45, 7) is 5.78. The van der Waals surface area contributed by atoms with Crippen LogP contribution < -0.4 is 5.32 Å². The van der Waals surface area contributed by atoms with Crippen molar-refractivity contribution in [2.24, 2.45) is 5.41 Å². The molecule has 0 radical (unpaired) electrons. The van der Waals surface area contributed by atoms with Gasteiger partial charge in [0.25, 0.3) is 0 Å². The molecule has 0 saturated carbocycles. The topological polar surface area (TPSA) is 24.9 Å². The van der Waals surface area contributed by atoms with Crippen molar-refractivity contribution in [3.63, 3.8) is 0 Å². The highest BCUT2D eigenvalue weighted by Crippen LogP contribution is 2.33. The molecule has 1 aliphatic heterocycles. The molecule has 94 valence electrons. The van der Waals surface area contributed by atoms with Crippen LogP contribution in [0.2, 0.25) is 0 Å². The molecule has 2 heterocycles. The Bertz CT molecular complexity index is 337. The zero-order valence-electron chi connectivity index (χ0n) is 10.8. The highest BCUT2D eigenvalue weighted by Gasteiger charge is 2.27. The average Bonchev–Trinajstić information content (AvgIpc) is 2.29. The molecule has 1 aliphatic rings. The molecule has 0 amide bonds. The first-order chi connectivity index (χ1) is 8.16. The van der Waals surface area contributed by atoms with E-state index >= 15 is 0 Å². The van der Waals surface area contributed by atoms with Crippen LogP contribution >= 0.6 is 11.8 Å². The van der Waals surface area contributed by atoms with Gasteiger partial charge in [-0.3, -0.25) is 4.98 Å². The van der Waals surface area contributed by atoms with E-state index in [4.69, 9.17) is 0 Å². The second-order valence-corrected chi connectivity index (χ2v) is 6.64. The van der Waals surface area contributed by atoms with Crippen molar-refractivity contribution < 1.29 is 0 Å². The highest BCUT2D eigenvalue weighted by molar-refractivity contribution is 7.99. The summed E-state index contributed by atoms with van der Waals surface area (Å²) in [5.41, 5.74) is 1.67. The van der Waals surface area contributed by atoms with Crippen molar-refractivity contribution in [3.8, 4) is 0 Å². The smallest absolute Gasteiger partial charge is 0.0416 e. The maximum absolute atomic E-state index is 4.34. The quantitative estimate of drug-likeness (QED) is 0.889. The van der Waals surface area contributed by atoms with Crippen LogP contribution in [0.25, 0.3) is 0 Å². The average molecular weight is 250 g/mol. The van der Waals surface area contributed by atoms with E-state index in [2.05, 4.69) is 48.0 Å². The number of rotatable bonds is 4. The minimum Gasteiger partial charge on any atom is -0.313 e. The van der Waals surface area contributed by atoms with Gasteiger partial charge in [-0.2, -0.15) is 11.8 Å². The maximum Gasteiger partial charge on any atom is 0.0416 e. The molecule has 3 heteroatoms. The van der Waals surface area contributed by atoms with Crippen LogP contribution in [0, 0.1) is 5.41 Å². The summed E-state index contributed by atoms with van der Waals surface area (Å²) in [6, 6.07) is 6.80. The first-order valence-corrected chi connectivity index (χ1v) is 7.52. The van der Waals surface area contributed by atoms with Gasteiger partial charge in [0.2, 0.25) is 0 Å². The van der Waals surface area contributed by atoms with Crippen molar-refractivity contribution in [1.29, 1.82) is 0 Å². The van der Waals surface area contributed by atoms with Crippen LogP contribution in [0.1, 0.15) is 26.0 Å². The van der Waals surface area contributed by atoms with Gasteiger partial charge in [-0.05, 0) is 29.7 Å². The lowest BCUT2D eigenvalue weighted by atomic mass is 9.88. The van der Waals surface area contributed by atoms with Crippen LogP contribution in [0.5, 0.6) is 0 Å². The van der Waals surface area contributed by atoms with Crippen molar-refractivity contribution in [1.82, 2.24) is 10.3 Å². The van der Waals surface area contributed by atoms with Crippen molar-refractivity contribution in [3.05, 3.63) is 30.1 Å². The molecule has 1 unspecified atom stereocenters. The summed E-state index contributed by atoms with van der Waals surface area (Å²) in [5.74, 6) is 2.55. The van der Waals surface area contributed by atoms with Gasteiger partial charge in [-0.1, -0.05) is 19.9 Å². The number of pyridine rings is 1. The summed E-state index contributed by atoms with van der Waals surface area (Å²) in [7, 11) is 0. The van der Waals surface area contributed by atoms with Crippen LogP contribution in [0.4, 0.5) is 0 Å². The van der Waals surface area contributed by atoms with Crippen molar-refractivity contribution in [2.45, 2.75) is 32.7 Å². The minimum atomic E-state index is 0.492. The molecular formula is C14H22N2S. The summed E-state index contributed by atoms with van der Waals surface area (Å²) in [5, 5.41) is 3.66. The first kappa shape index (κ1) is 12.9. The fraction of sp³-hybridized carbons (Fsp3) is 0.643. The number of hydrogen-bond donors (Lipinski definition) is 1. The van der Waals surface area contributed by atoms with E-state index in [0.717, 1.165) is 13.0 Å². The molecule has 2 rings (SSSR count). The van der Waals surface area contributed by atoms with Gasteiger partial charge >= 0.3 is 0 Å². The Balaban J connectivity index is 1.72. The third-order valence-corrected chi connectivity index (χ3v) is 4.77. The Kier molecular flexibility index (Phi) is 4.46. The molecular weight excluding hydrogens is 228 g/mol. The normalized spacial score (nSPS) is 23.5. The molecule has 0 spiro atoms. The largest absolute Gasteiger partial charge is 0.313 e. The first-order valence-electron chi connectivity index (χ1n) is 6.37. The van der Waals surface area contributed by atoms with E-state index in [1.807, 2.05) is 12.3 Å². The zero-order chi connectivity index (χ0) is 12.1. The summed E-state index contributed by atoms with van der Waals surface area (Å²) in [6.07, 6.45) is 4.19. The van der Waals surface area contributed by atoms with Crippen LogP contribution in [-0.2, 0) is 6.42 Å². The summed E-state index contributed by atoms with van der Waals surface area (Å²) in [4.78, 5) is 4.34. The van der Waals surface area contributed by atoms with Gasteiger partial charge in [0, 0.05) is 36.7 Å². The maximum atomic E-state index is 4.34. The predicted octanol–water partition coefficient (Wildman–Crippen LogP) is 2.75. The highest BCUT2D eigenvalue weighted by atomic mass is 32.2. The van der Waals surface area contributed by atoms with Crippen molar-refractivity contribution >= 4 is 11.8 Å². The second kappa shape index (κ2) is 5.87. The van der Waals surface area contributed by atoms with Gasteiger partial charge < -0.3 is 5.32 Å². The Morgan fingerprint density at radius 3 is 3.06 bits per heavy atom. The number of aromatic nitrogens is 1. The van der Waals surface area contributed by atoms with Crippen LogP contribution in [-0.4, -0.2) is 29.1 Å². The Labute approximate surface area is 109 Å². The van der Waals surface area contributed by atoms with Gasteiger partial charge in [-0.15, -0.1) is 0 Å². The lowest BCUT2D eigenvalue weighted by molar-refractivity contribution is 0.319. The Morgan fingerprint density at radius 2 is 2.35 bits per heavy atom. The number of nitrogens with zero attached hydrogens (tertiary/aromatic N) is 1. The molecule has 0 aliphatic carbocycles. The Hall–Kier alpha value is -0.540. The van der Waals surface area contributed by atoms with E-state index in [1.165, 1.54) is 23.6 Å². The molecule has 0 bridgehead atoms. The molecule has 2 nitrogen and oxygen atoms in total.